The number of rotatable bonds is 6. The van der Waals surface area contributed by atoms with Gasteiger partial charge in [-0.05, 0) is 62.3 Å². The lowest BCUT2D eigenvalue weighted by atomic mass is 9.70. The predicted molar refractivity (Wildman–Crippen MR) is 194 cm³/mol. The molecule has 3 fully saturated rings. The second-order valence-corrected chi connectivity index (χ2v) is 15.8. The molecule has 3 saturated heterocycles. The Labute approximate surface area is 316 Å². The minimum Gasteiger partial charge on any atom is -0.462 e. The predicted octanol–water partition coefficient (Wildman–Crippen LogP) is 4.24. The number of aliphatic hydroxyl groups is 3. The fourth-order valence-corrected chi connectivity index (χ4v) is 8.24. The van der Waals surface area contributed by atoms with Crippen LogP contribution in [0.4, 0.5) is 0 Å². The van der Waals surface area contributed by atoms with E-state index in [4.69, 9.17) is 28.4 Å². The molecular formula is C41H55NO12. The zero-order chi connectivity index (χ0) is 38.9. The van der Waals surface area contributed by atoms with Crippen molar-refractivity contribution < 1.29 is 58.1 Å². The second kappa shape index (κ2) is 16.3. The first-order chi connectivity index (χ1) is 25.7. The van der Waals surface area contributed by atoms with Crippen molar-refractivity contribution in [1.29, 1.82) is 0 Å². The third-order valence-corrected chi connectivity index (χ3v) is 11.8. The van der Waals surface area contributed by atoms with Crippen molar-refractivity contribution in [2.24, 2.45) is 23.7 Å². The van der Waals surface area contributed by atoms with Crippen LogP contribution < -0.4 is 0 Å². The minimum absolute atomic E-state index is 0.0572. The Bertz CT molecular complexity index is 1660. The molecule has 1 spiro atoms. The number of fused-ring (bicyclic) bond motifs is 2. The Balaban J connectivity index is 1.36. The lowest BCUT2D eigenvalue weighted by molar-refractivity contribution is -0.383. The molecule has 2 bridgehead atoms. The molecule has 54 heavy (non-hydrogen) atoms. The lowest BCUT2D eigenvalue weighted by Gasteiger charge is -2.53. The van der Waals surface area contributed by atoms with E-state index in [-0.39, 0.29) is 55.1 Å². The SMILES string of the molecule is CC[C@H](C)C(=O)O[C@H]1[C@H](C)[C@@H](C)O[C@@]2(C[C@@H]3C[C@@H](C/C=C(/C)C[C@@H](C)/C=C\C=C4\CO[C@@H]5[C@H](O)C(COC(=O)c6ccc[nH]6)=C[C@@H](C(=O)O3)[C@]45O)O2)[C@@H]1O. The first-order valence-electron chi connectivity index (χ1n) is 19.2. The van der Waals surface area contributed by atoms with Crippen LogP contribution in [0.1, 0.15) is 84.1 Å². The monoisotopic (exact) mass is 753 g/mol. The first kappa shape index (κ1) is 40.1. The maximum atomic E-state index is 14.5. The van der Waals surface area contributed by atoms with E-state index in [2.05, 4.69) is 18.0 Å². The first-order valence-corrected chi connectivity index (χ1v) is 19.2. The topological polar surface area (TPSA) is 183 Å². The number of hydrogen-bond acceptors (Lipinski definition) is 12. The number of nitrogens with one attached hydrogen (secondary N) is 1. The Morgan fingerprint density at radius 1 is 1.15 bits per heavy atom. The summed E-state index contributed by atoms with van der Waals surface area (Å²) in [5, 5.41) is 35.9. The molecule has 0 saturated carbocycles. The van der Waals surface area contributed by atoms with E-state index in [1.807, 2.05) is 39.8 Å². The largest absolute Gasteiger partial charge is 0.462 e. The highest BCUT2D eigenvalue weighted by Gasteiger charge is 2.62. The smallest absolute Gasteiger partial charge is 0.355 e. The molecule has 0 amide bonds. The molecule has 0 unspecified atom stereocenters. The van der Waals surface area contributed by atoms with Crippen LogP contribution in [0.5, 0.6) is 0 Å². The molecule has 296 valence electrons. The molecule has 4 aliphatic heterocycles. The zero-order valence-corrected chi connectivity index (χ0v) is 31.9. The van der Waals surface area contributed by atoms with Crippen LogP contribution in [-0.2, 0) is 38.0 Å². The van der Waals surface area contributed by atoms with Gasteiger partial charge in [0.2, 0.25) is 5.79 Å². The van der Waals surface area contributed by atoms with Crippen LogP contribution in [0, 0.1) is 23.7 Å². The number of H-pyrrole nitrogens is 1. The summed E-state index contributed by atoms with van der Waals surface area (Å²) in [4.78, 5) is 43.0. The van der Waals surface area contributed by atoms with Crippen molar-refractivity contribution in [3.63, 3.8) is 0 Å². The molecule has 1 aromatic heterocycles. The molecule has 0 aromatic carbocycles. The van der Waals surface area contributed by atoms with Gasteiger partial charge in [-0.2, -0.15) is 0 Å². The summed E-state index contributed by atoms with van der Waals surface area (Å²) in [6.45, 7) is 11.0. The van der Waals surface area contributed by atoms with Crippen LogP contribution in [0.2, 0.25) is 0 Å². The summed E-state index contributed by atoms with van der Waals surface area (Å²) in [5.41, 5.74) is -0.106. The molecule has 4 N–H and O–H groups in total. The third-order valence-electron chi connectivity index (χ3n) is 11.8. The number of carbonyl (C=O) groups excluding carboxylic acids is 3. The zero-order valence-electron chi connectivity index (χ0n) is 31.9. The number of ether oxygens (including phenoxy) is 6. The van der Waals surface area contributed by atoms with E-state index >= 15 is 0 Å². The van der Waals surface area contributed by atoms with Gasteiger partial charge in [-0.1, -0.05) is 63.6 Å². The molecule has 13 nitrogen and oxygen atoms in total. The summed E-state index contributed by atoms with van der Waals surface area (Å²) in [7, 11) is 0. The van der Waals surface area contributed by atoms with Gasteiger partial charge in [-0.25, -0.2) is 4.79 Å². The highest BCUT2D eigenvalue weighted by Crippen LogP contribution is 2.48. The van der Waals surface area contributed by atoms with Crippen molar-refractivity contribution in [2.45, 2.75) is 128 Å². The number of aliphatic hydroxyl groups excluding tert-OH is 2. The Kier molecular flexibility index (Phi) is 12.1. The molecular weight excluding hydrogens is 698 g/mol. The molecule has 1 aromatic rings. The Hall–Kier alpha value is -3.59. The lowest BCUT2D eigenvalue weighted by Crippen LogP contribution is -2.67. The number of carbonyl (C=O) groups is 3. The van der Waals surface area contributed by atoms with Gasteiger partial charge in [0.15, 0.2) is 0 Å². The van der Waals surface area contributed by atoms with Crippen molar-refractivity contribution in [3.05, 3.63) is 71.1 Å². The van der Waals surface area contributed by atoms with E-state index in [1.54, 1.807) is 31.3 Å². The van der Waals surface area contributed by atoms with Crippen LogP contribution in [-0.4, -0.2) is 106 Å². The van der Waals surface area contributed by atoms with Gasteiger partial charge >= 0.3 is 17.9 Å². The normalized spacial score (nSPS) is 41.6. The van der Waals surface area contributed by atoms with Gasteiger partial charge in [0.05, 0.1) is 24.7 Å². The minimum atomic E-state index is -1.99. The summed E-state index contributed by atoms with van der Waals surface area (Å²) < 4.78 is 36.8. The summed E-state index contributed by atoms with van der Waals surface area (Å²) in [6.07, 6.45) is 5.61. The number of aromatic amines is 1. The fourth-order valence-electron chi connectivity index (χ4n) is 8.24. The molecule has 13 heteroatoms. The van der Waals surface area contributed by atoms with Gasteiger partial charge in [0.25, 0.3) is 0 Å². The number of allylic oxidation sites excluding steroid dienone is 4. The second-order valence-electron chi connectivity index (χ2n) is 15.8. The van der Waals surface area contributed by atoms with Crippen LogP contribution in [0.3, 0.4) is 0 Å². The summed E-state index contributed by atoms with van der Waals surface area (Å²) in [6, 6.07) is 3.20. The summed E-state index contributed by atoms with van der Waals surface area (Å²) >= 11 is 0. The molecule has 5 heterocycles. The van der Waals surface area contributed by atoms with E-state index in [0.29, 0.717) is 18.4 Å². The Morgan fingerprint density at radius 3 is 2.65 bits per heavy atom. The van der Waals surface area contributed by atoms with Gasteiger partial charge in [-0.3, -0.25) is 9.59 Å². The third kappa shape index (κ3) is 7.89. The fraction of sp³-hybridized carbons (Fsp3) is 0.634. The van der Waals surface area contributed by atoms with Gasteiger partial charge < -0.3 is 48.7 Å². The molecule has 5 aliphatic rings. The van der Waals surface area contributed by atoms with Crippen molar-refractivity contribution in [1.82, 2.24) is 4.98 Å². The number of esters is 3. The average molecular weight is 754 g/mol. The van der Waals surface area contributed by atoms with Crippen molar-refractivity contribution in [3.8, 4) is 0 Å². The molecule has 1 aliphatic carbocycles. The highest BCUT2D eigenvalue weighted by atomic mass is 16.7. The summed E-state index contributed by atoms with van der Waals surface area (Å²) in [5.74, 6) is -5.56. The van der Waals surface area contributed by atoms with Crippen molar-refractivity contribution >= 4 is 17.9 Å². The Morgan fingerprint density at radius 2 is 1.93 bits per heavy atom. The van der Waals surface area contributed by atoms with Crippen molar-refractivity contribution in [2.75, 3.05) is 13.2 Å². The quantitative estimate of drug-likeness (QED) is 0.185. The van der Waals surface area contributed by atoms with E-state index < -0.39 is 77.9 Å². The van der Waals surface area contributed by atoms with Gasteiger partial charge in [0, 0.05) is 25.0 Å². The van der Waals surface area contributed by atoms with Gasteiger partial charge in [-0.15, -0.1) is 0 Å². The van der Waals surface area contributed by atoms with Crippen LogP contribution >= 0.6 is 0 Å². The molecule has 6 rings (SSSR count). The molecule has 13 atom stereocenters. The standard InChI is InChI=1S/C41H55NO12/c1-7-24(4)37(45)52-34-25(5)26(6)53-40(35(34)44)19-30-18-29(54-40)14-13-23(3)16-22(2)10-8-11-28-21-49-36-33(43)27(17-31(38(46)51-30)41(28,36)48)20-50-39(47)32-12-9-15-42-32/h8-13,15,17,22,24-26,29-31,33-36,42-44,48H,7,14,16,18-21H2,1-6H3/b10-8-,23-13-,28-11-/t22-,24-,25+,26+,29+,30-,31-,33+,34-,35+,36+,40+,41+/m0/s1. The highest BCUT2D eigenvalue weighted by molar-refractivity contribution is 5.87. The number of aromatic nitrogens is 1. The number of hydrogen-bond donors (Lipinski definition) is 4. The average Bonchev–Trinajstić information content (AvgIpc) is 3.79. The van der Waals surface area contributed by atoms with E-state index in [1.165, 1.54) is 6.08 Å². The van der Waals surface area contributed by atoms with E-state index in [0.717, 1.165) is 12.0 Å². The van der Waals surface area contributed by atoms with E-state index in [9.17, 15) is 29.7 Å². The van der Waals surface area contributed by atoms with Crippen LogP contribution in [0.25, 0.3) is 0 Å². The van der Waals surface area contributed by atoms with Crippen LogP contribution in [0.15, 0.2) is 65.4 Å². The maximum Gasteiger partial charge on any atom is 0.355 e. The van der Waals surface area contributed by atoms with Gasteiger partial charge in [0.1, 0.15) is 54.3 Å². The molecule has 0 radical (unpaired) electrons. The maximum absolute atomic E-state index is 14.5.